The zero-order valence-corrected chi connectivity index (χ0v) is 11.3. The van der Waals surface area contributed by atoms with Gasteiger partial charge in [0.15, 0.2) is 0 Å². The molecular formula is C13H18O2Si. The van der Waals surface area contributed by atoms with E-state index in [9.17, 15) is 0 Å². The summed E-state index contributed by atoms with van der Waals surface area (Å²) >= 11 is 0. The van der Waals surface area contributed by atoms with E-state index in [-0.39, 0.29) is 6.29 Å². The maximum Gasteiger partial charge on any atom is 0.225 e. The van der Waals surface area contributed by atoms with Crippen LogP contribution >= 0.6 is 0 Å². The van der Waals surface area contributed by atoms with E-state index >= 15 is 0 Å². The first-order valence-electron chi connectivity index (χ1n) is 5.53. The fourth-order valence-corrected chi connectivity index (χ4v) is 2.83. The Labute approximate surface area is 97.9 Å². The van der Waals surface area contributed by atoms with E-state index in [4.69, 9.17) is 9.47 Å². The van der Waals surface area contributed by atoms with E-state index in [1.807, 2.05) is 6.07 Å². The van der Waals surface area contributed by atoms with Crippen LogP contribution in [-0.4, -0.2) is 15.2 Å². The zero-order valence-electron chi connectivity index (χ0n) is 10.3. The molecule has 16 heavy (non-hydrogen) atoms. The molecule has 1 aromatic carbocycles. The third-order valence-electron chi connectivity index (χ3n) is 2.72. The third kappa shape index (κ3) is 2.06. The van der Waals surface area contributed by atoms with Crippen molar-refractivity contribution in [3.05, 3.63) is 40.8 Å². The molecule has 1 aromatic rings. The van der Waals surface area contributed by atoms with Gasteiger partial charge in [0.2, 0.25) is 6.29 Å². The molecule has 86 valence electrons. The Balaban J connectivity index is 2.47. The number of fused-ring (bicyclic) bond motifs is 1. The smallest absolute Gasteiger partial charge is 0.225 e. The first-order chi connectivity index (χ1) is 7.52. The van der Waals surface area contributed by atoms with Crippen LogP contribution < -0.4 is 0 Å². The molecule has 1 heterocycles. The average molecular weight is 234 g/mol. The van der Waals surface area contributed by atoms with Crippen molar-refractivity contribution in [2.24, 2.45) is 0 Å². The Morgan fingerprint density at radius 2 is 1.88 bits per heavy atom. The second-order valence-corrected chi connectivity index (χ2v) is 10.1. The Morgan fingerprint density at radius 3 is 2.50 bits per heavy atom. The molecule has 0 saturated heterocycles. The summed E-state index contributed by atoms with van der Waals surface area (Å²) in [6.45, 7) is 6.83. The molecule has 0 aromatic heterocycles. The normalized spacial score (nSPS) is 19.8. The minimum Gasteiger partial charge on any atom is -0.470 e. The molecule has 0 bridgehead atoms. The third-order valence-corrected chi connectivity index (χ3v) is 4.46. The molecule has 0 spiro atoms. The minimum absolute atomic E-state index is 0.247. The van der Waals surface area contributed by atoms with Gasteiger partial charge in [-0.05, 0) is 11.6 Å². The molecule has 0 amide bonds. The molecule has 0 saturated carbocycles. The van der Waals surface area contributed by atoms with Gasteiger partial charge in [-0.1, -0.05) is 43.9 Å². The van der Waals surface area contributed by atoms with Crippen molar-refractivity contribution >= 4 is 14.1 Å². The molecule has 0 aliphatic carbocycles. The van der Waals surface area contributed by atoms with Crippen LogP contribution in [0.15, 0.2) is 29.6 Å². The summed E-state index contributed by atoms with van der Waals surface area (Å²) in [6.07, 6.45) is 1.92. The summed E-state index contributed by atoms with van der Waals surface area (Å²) in [4.78, 5) is 0. The van der Waals surface area contributed by atoms with Gasteiger partial charge in [0.25, 0.3) is 0 Å². The van der Waals surface area contributed by atoms with Gasteiger partial charge in [-0.25, -0.2) is 0 Å². The lowest BCUT2D eigenvalue weighted by Crippen LogP contribution is -2.29. The lowest BCUT2D eigenvalue weighted by molar-refractivity contribution is -0.0930. The van der Waals surface area contributed by atoms with Crippen LogP contribution in [-0.2, 0) is 9.47 Å². The van der Waals surface area contributed by atoms with Crippen LogP contribution in [0.4, 0.5) is 0 Å². The lowest BCUT2D eigenvalue weighted by Gasteiger charge is -2.31. The van der Waals surface area contributed by atoms with Crippen LogP contribution in [0.2, 0.25) is 19.6 Å². The van der Waals surface area contributed by atoms with Crippen molar-refractivity contribution in [1.29, 1.82) is 0 Å². The maximum atomic E-state index is 5.93. The van der Waals surface area contributed by atoms with E-state index in [0.29, 0.717) is 0 Å². The van der Waals surface area contributed by atoms with Gasteiger partial charge in [-0.2, -0.15) is 0 Å². The number of methoxy groups -OCH3 is 1. The van der Waals surface area contributed by atoms with Crippen LogP contribution in [0.25, 0.3) is 6.08 Å². The topological polar surface area (TPSA) is 18.5 Å². The molecule has 0 fully saturated rings. The highest BCUT2D eigenvalue weighted by Gasteiger charge is 2.29. The summed E-state index contributed by atoms with van der Waals surface area (Å²) in [6, 6.07) is 8.24. The minimum atomic E-state index is -1.42. The summed E-state index contributed by atoms with van der Waals surface area (Å²) in [5.74, 6) is 0. The van der Waals surface area contributed by atoms with Crippen molar-refractivity contribution in [1.82, 2.24) is 0 Å². The van der Waals surface area contributed by atoms with Gasteiger partial charge in [0, 0.05) is 12.7 Å². The van der Waals surface area contributed by atoms with Gasteiger partial charge < -0.3 is 9.47 Å². The van der Waals surface area contributed by atoms with Crippen LogP contribution in [0.1, 0.15) is 17.4 Å². The lowest BCUT2D eigenvalue weighted by atomic mass is 10.1. The largest absolute Gasteiger partial charge is 0.470 e. The molecule has 2 nitrogen and oxygen atoms in total. The molecule has 1 unspecified atom stereocenters. The van der Waals surface area contributed by atoms with Crippen LogP contribution in [0.3, 0.4) is 0 Å². The van der Waals surface area contributed by atoms with Gasteiger partial charge >= 0.3 is 0 Å². The Bertz CT molecular complexity index is 418. The van der Waals surface area contributed by atoms with Gasteiger partial charge in [-0.3, -0.25) is 0 Å². The van der Waals surface area contributed by atoms with E-state index in [1.54, 1.807) is 7.11 Å². The molecule has 1 aliphatic heterocycles. The Hall–Kier alpha value is -1.06. The van der Waals surface area contributed by atoms with Crippen molar-refractivity contribution in [3.8, 4) is 0 Å². The second kappa shape index (κ2) is 4.07. The Morgan fingerprint density at radius 1 is 1.19 bits per heavy atom. The van der Waals surface area contributed by atoms with Crippen molar-refractivity contribution in [3.63, 3.8) is 0 Å². The standard InChI is InChI=1S/C13H18O2Si/c1-14-13-11-8-6-5-7-10(11)9-12(15-13)16(2,3)4/h5-9,13H,1-4H3. The number of ether oxygens (including phenoxy) is 2. The molecule has 2 rings (SSSR count). The fourth-order valence-electron chi connectivity index (χ4n) is 1.78. The summed E-state index contributed by atoms with van der Waals surface area (Å²) in [5, 5.41) is 1.11. The fraction of sp³-hybridized carbons (Fsp3) is 0.385. The van der Waals surface area contributed by atoms with E-state index in [2.05, 4.69) is 43.9 Å². The van der Waals surface area contributed by atoms with Crippen molar-refractivity contribution < 1.29 is 9.47 Å². The molecule has 3 heteroatoms. The number of hydrogen-bond acceptors (Lipinski definition) is 2. The first-order valence-corrected chi connectivity index (χ1v) is 9.03. The van der Waals surface area contributed by atoms with Crippen LogP contribution in [0.5, 0.6) is 0 Å². The number of rotatable bonds is 2. The molecule has 1 aliphatic rings. The molecular weight excluding hydrogens is 216 g/mol. The monoisotopic (exact) mass is 234 g/mol. The maximum absolute atomic E-state index is 5.93. The summed E-state index contributed by atoms with van der Waals surface area (Å²) < 4.78 is 11.3. The van der Waals surface area contributed by atoms with Crippen molar-refractivity contribution in [2.75, 3.05) is 7.11 Å². The number of benzene rings is 1. The highest BCUT2D eigenvalue weighted by molar-refractivity contribution is 6.83. The molecule has 1 atom stereocenters. The second-order valence-electron chi connectivity index (χ2n) is 5.07. The van der Waals surface area contributed by atoms with Gasteiger partial charge in [0.1, 0.15) is 8.07 Å². The highest BCUT2D eigenvalue weighted by Crippen LogP contribution is 2.34. The van der Waals surface area contributed by atoms with Crippen LogP contribution in [0, 0.1) is 0 Å². The average Bonchev–Trinajstić information content (AvgIpc) is 2.26. The highest BCUT2D eigenvalue weighted by atomic mass is 28.3. The zero-order chi connectivity index (χ0) is 11.8. The van der Waals surface area contributed by atoms with Crippen molar-refractivity contribution in [2.45, 2.75) is 25.9 Å². The number of hydrogen-bond donors (Lipinski definition) is 0. The summed E-state index contributed by atoms with van der Waals surface area (Å²) in [5.41, 5.74) is 2.34. The predicted molar refractivity (Wildman–Crippen MR) is 68.6 cm³/mol. The molecule has 0 radical (unpaired) electrons. The first kappa shape index (κ1) is 11.4. The van der Waals surface area contributed by atoms with E-state index in [0.717, 1.165) is 10.9 Å². The Kier molecular flexibility index (Phi) is 2.91. The quantitative estimate of drug-likeness (QED) is 0.728. The van der Waals surface area contributed by atoms with E-state index in [1.165, 1.54) is 5.56 Å². The summed E-state index contributed by atoms with van der Waals surface area (Å²) in [7, 11) is 0.265. The van der Waals surface area contributed by atoms with E-state index < -0.39 is 8.07 Å². The SMILES string of the molecule is COC1OC([Si](C)(C)C)=Cc2ccccc21. The predicted octanol–water partition coefficient (Wildman–Crippen LogP) is 3.58. The van der Waals surface area contributed by atoms with Gasteiger partial charge in [-0.15, -0.1) is 0 Å². The molecule has 0 N–H and O–H groups in total. The van der Waals surface area contributed by atoms with Gasteiger partial charge in [0.05, 0.1) is 5.38 Å².